The molecular formula is C10H13F2N3O3S. The lowest BCUT2D eigenvalue weighted by Crippen LogP contribution is -2.31. The van der Waals surface area contributed by atoms with Gasteiger partial charge >= 0.3 is 0 Å². The monoisotopic (exact) mass is 293 g/mol. The van der Waals surface area contributed by atoms with Crippen molar-refractivity contribution in [3.63, 3.8) is 0 Å². The Balaban J connectivity index is 2.97. The highest BCUT2D eigenvalue weighted by Crippen LogP contribution is 2.19. The molecule has 0 atom stereocenters. The van der Waals surface area contributed by atoms with Crippen LogP contribution >= 0.6 is 0 Å². The van der Waals surface area contributed by atoms with Crippen LogP contribution in [0.2, 0.25) is 0 Å². The molecule has 1 rings (SSSR count). The van der Waals surface area contributed by atoms with Gasteiger partial charge in [0.1, 0.15) is 22.4 Å². The highest BCUT2D eigenvalue weighted by Gasteiger charge is 2.24. The van der Waals surface area contributed by atoms with Crippen LogP contribution < -0.4 is 5.73 Å². The van der Waals surface area contributed by atoms with Crippen LogP contribution in [-0.4, -0.2) is 37.4 Å². The van der Waals surface area contributed by atoms with E-state index in [0.717, 1.165) is 16.4 Å². The summed E-state index contributed by atoms with van der Waals surface area (Å²) in [4.78, 5) is -0.629. The molecule has 0 saturated carbocycles. The minimum atomic E-state index is -4.09. The van der Waals surface area contributed by atoms with Gasteiger partial charge in [-0.05, 0) is 12.1 Å². The maximum atomic E-state index is 13.4. The van der Waals surface area contributed by atoms with Crippen molar-refractivity contribution in [3.05, 3.63) is 29.8 Å². The molecule has 1 aromatic rings. The molecule has 0 radical (unpaired) electrons. The third-order valence-electron chi connectivity index (χ3n) is 2.39. The summed E-state index contributed by atoms with van der Waals surface area (Å²) in [5, 5.41) is 11.0. The molecule has 3 N–H and O–H groups in total. The molecule has 1 aromatic carbocycles. The molecule has 0 aliphatic carbocycles. The number of rotatable bonds is 5. The molecule has 0 bridgehead atoms. The summed E-state index contributed by atoms with van der Waals surface area (Å²) >= 11 is 0. The van der Waals surface area contributed by atoms with Crippen LogP contribution in [0, 0.1) is 11.6 Å². The topological polar surface area (TPSA) is 96.0 Å². The molecule has 19 heavy (non-hydrogen) atoms. The van der Waals surface area contributed by atoms with E-state index < -0.39 is 26.6 Å². The zero-order valence-corrected chi connectivity index (χ0v) is 10.9. The lowest BCUT2D eigenvalue weighted by Gasteiger charge is -2.17. The quantitative estimate of drug-likeness (QED) is 0.362. The Morgan fingerprint density at radius 1 is 1.47 bits per heavy atom. The molecular weight excluding hydrogens is 280 g/mol. The van der Waals surface area contributed by atoms with Crippen molar-refractivity contribution in [2.75, 3.05) is 13.6 Å². The van der Waals surface area contributed by atoms with E-state index in [0.29, 0.717) is 6.07 Å². The number of hydrogen-bond acceptors (Lipinski definition) is 4. The van der Waals surface area contributed by atoms with E-state index in [9.17, 15) is 17.2 Å². The fourth-order valence-corrected chi connectivity index (χ4v) is 2.51. The number of amidine groups is 1. The van der Waals surface area contributed by atoms with Crippen LogP contribution in [0.1, 0.15) is 6.42 Å². The second kappa shape index (κ2) is 5.93. The first-order chi connectivity index (χ1) is 8.78. The molecule has 106 valence electrons. The zero-order chi connectivity index (χ0) is 14.6. The summed E-state index contributed by atoms with van der Waals surface area (Å²) in [6.45, 7) is -0.102. The minimum Gasteiger partial charge on any atom is -0.409 e. The Hall–Kier alpha value is -1.74. The van der Waals surface area contributed by atoms with Crippen molar-refractivity contribution in [2.24, 2.45) is 10.9 Å². The van der Waals surface area contributed by atoms with Crippen molar-refractivity contribution in [3.8, 4) is 0 Å². The maximum Gasteiger partial charge on any atom is 0.245 e. The molecule has 0 saturated heterocycles. The van der Waals surface area contributed by atoms with Crippen molar-refractivity contribution in [1.29, 1.82) is 0 Å². The molecule has 0 aromatic heterocycles. The molecule has 0 aliphatic heterocycles. The van der Waals surface area contributed by atoms with Crippen LogP contribution in [0.3, 0.4) is 0 Å². The van der Waals surface area contributed by atoms with Crippen molar-refractivity contribution >= 4 is 15.9 Å². The largest absolute Gasteiger partial charge is 0.409 e. The second-order valence-electron chi connectivity index (χ2n) is 3.74. The number of hydrogen-bond donors (Lipinski definition) is 2. The highest BCUT2D eigenvalue weighted by molar-refractivity contribution is 7.89. The fourth-order valence-electron chi connectivity index (χ4n) is 1.29. The van der Waals surface area contributed by atoms with E-state index in [1.54, 1.807) is 0 Å². The zero-order valence-electron chi connectivity index (χ0n) is 10.0. The third kappa shape index (κ3) is 3.61. The van der Waals surface area contributed by atoms with Crippen molar-refractivity contribution in [2.45, 2.75) is 11.3 Å². The summed E-state index contributed by atoms with van der Waals surface area (Å²) in [7, 11) is -2.88. The Morgan fingerprint density at radius 2 is 2.11 bits per heavy atom. The Labute approximate surface area is 109 Å². The normalized spacial score (nSPS) is 12.9. The van der Waals surface area contributed by atoms with Gasteiger partial charge in [-0.1, -0.05) is 5.16 Å². The lowest BCUT2D eigenvalue weighted by atomic mass is 10.3. The first kappa shape index (κ1) is 15.3. The van der Waals surface area contributed by atoms with Gasteiger partial charge < -0.3 is 10.9 Å². The predicted molar refractivity (Wildman–Crippen MR) is 64.2 cm³/mol. The Bertz CT molecular complexity index is 590. The number of halogens is 2. The lowest BCUT2D eigenvalue weighted by molar-refractivity contribution is 0.316. The van der Waals surface area contributed by atoms with Gasteiger partial charge in [-0.3, -0.25) is 0 Å². The van der Waals surface area contributed by atoms with Gasteiger partial charge in [-0.25, -0.2) is 21.5 Å². The summed E-state index contributed by atoms with van der Waals surface area (Å²) in [5.41, 5.74) is 5.21. The summed E-state index contributed by atoms with van der Waals surface area (Å²) in [6.07, 6.45) is -0.0188. The van der Waals surface area contributed by atoms with Gasteiger partial charge in [0, 0.05) is 26.1 Å². The molecule has 0 spiro atoms. The summed E-state index contributed by atoms with van der Waals surface area (Å²) in [5.74, 6) is -2.19. The molecule has 9 heteroatoms. The second-order valence-corrected chi connectivity index (χ2v) is 5.76. The first-order valence-corrected chi connectivity index (χ1v) is 6.61. The van der Waals surface area contributed by atoms with E-state index in [1.807, 2.05) is 0 Å². The van der Waals surface area contributed by atoms with Crippen LogP contribution in [0.15, 0.2) is 28.3 Å². The highest BCUT2D eigenvalue weighted by atomic mass is 32.2. The van der Waals surface area contributed by atoms with Gasteiger partial charge in [0.25, 0.3) is 0 Å². The smallest absolute Gasteiger partial charge is 0.245 e. The van der Waals surface area contributed by atoms with E-state index >= 15 is 0 Å². The molecule has 0 fully saturated rings. The molecule has 0 amide bonds. The molecule has 0 aliphatic rings. The van der Waals surface area contributed by atoms with Crippen molar-refractivity contribution in [1.82, 2.24) is 4.31 Å². The third-order valence-corrected chi connectivity index (χ3v) is 4.28. The molecule has 6 nitrogen and oxygen atoms in total. The van der Waals surface area contributed by atoms with Crippen LogP contribution in [-0.2, 0) is 10.0 Å². The van der Waals surface area contributed by atoms with E-state index in [1.165, 1.54) is 7.05 Å². The minimum absolute atomic E-state index is 0.0188. The average molecular weight is 293 g/mol. The van der Waals surface area contributed by atoms with Gasteiger partial charge in [0.05, 0.1) is 0 Å². The van der Waals surface area contributed by atoms with Crippen LogP contribution in [0.25, 0.3) is 0 Å². The standard InChI is InChI=1S/C10H13F2N3O3S/c1-15(5-4-10(13)14-16)19(17,18)9-3-2-7(11)6-8(9)12/h2-3,6,16H,4-5H2,1H3,(H2,13,14). The Kier molecular flexibility index (Phi) is 4.78. The van der Waals surface area contributed by atoms with Crippen LogP contribution in [0.4, 0.5) is 8.78 Å². The van der Waals surface area contributed by atoms with E-state index in [4.69, 9.17) is 10.9 Å². The van der Waals surface area contributed by atoms with Gasteiger partial charge in [-0.15, -0.1) is 0 Å². The SMILES string of the molecule is CN(CC/C(N)=N/O)S(=O)(=O)c1ccc(F)cc1F. The number of nitrogens with two attached hydrogens (primary N) is 1. The number of oxime groups is 1. The van der Waals surface area contributed by atoms with Gasteiger partial charge in [0.2, 0.25) is 10.0 Å². The van der Waals surface area contributed by atoms with E-state index in [-0.39, 0.29) is 18.8 Å². The fraction of sp³-hybridized carbons (Fsp3) is 0.300. The first-order valence-electron chi connectivity index (χ1n) is 5.17. The van der Waals surface area contributed by atoms with Crippen molar-refractivity contribution < 1.29 is 22.4 Å². The van der Waals surface area contributed by atoms with Gasteiger partial charge in [-0.2, -0.15) is 0 Å². The van der Waals surface area contributed by atoms with Gasteiger partial charge in [0.15, 0.2) is 0 Å². The van der Waals surface area contributed by atoms with Crippen LogP contribution in [0.5, 0.6) is 0 Å². The number of benzene rings is 1. The summed E-state index contributed by atoms with van der Waals surface area (Å²) in [6, 6.07) is 2.19. The number of nitrogens with zero attached hydrogens (tertiary/aromatic N) is 2. The van der Waals surface area contributed by atoms with E-state index in [2.05, 4.69) is 5.16 Å². The Morgan fingerprint density at radius 3 is 2.63 bits per heavy atom. The average Bonchev–Trinajstić information content (AvgIpc) is 2.34. The maximum absolute atomic E-state index is 13.4. The molecule has 0 unspecified atom stereocenters. The summed E-state index contributed by atoms with van der Waals surface area (Å²) < 4.78 is 51.0. The molecule has 0 heterocycles. The number of sulfonamides is 1. The predicted octanol–water partition coefficient (Wildman–Crippen LogP) is 0.722.